The van der Waals surface area contributed by atoms with Gasteiger partial charge in [0, 0.05) is 68.2 Å². The van der Waals surface area contributed by atoms with Crippen molar-refractivity contribution in [2.75, 3.05) is 32.5 Å². The second-order valence-corrected chi connectivity index (χ2v) is 20.2. The van der Waals surface area contributed by atoms with Gasteiger partial charge in [-0.25, -0.2) is 4.79 Å². The summed E-state index contributed by atoms with van der Waals surface area (Å²) >= 11 is 0. The van der Waals surface area contributed by atoms with Crippen molar-refractivity contribution in [1.29, 1.82) is 0 Å². The average Bonchev–Trinajstić information content (AvgIpc) is 3.51. The van der Waals surface area contributed by atoms with E-state index in [-0.39, 0.29) is 95.7 Å². The van der Waals surface area contributed by atoms with Crippen LogP contribution in [0.4, 0.5) is 0 Å². The third-order valence-corrected chi connectivity index (χ3v) is 17.5. The first kappa shape index (κ1) is 39.0. The Morgan fingerprint density at radius 2 is 2.00 bits per heavy atom. The van der Waals surface area contributed by atoms with E-state index in [0.29, 0.717) is 56.6 Å². The lowest BCUT2D eigenvalue weighted by atomic mass is 9.56. The van der Waals surface area contributed by atoms with Crippen molar-refractivity contribution in [2.24, 2.45) is 47.2 Å². The van der Waals surface area contributed by atoms with E-state index in [0.717, 1.165) is 31.6 Å². The molecule has 6 fully saturated rings. The predicted octanol–water partition coefficient (Wildman–Crippen LogP) is 4.11. The molecule has 5 N–H and O–H groups in total. The lowest BCUT2D eigenvalue weighted by Gasteiger charge is -2.58. The summed E-state index contributed by atoms with van der Waals surface area (Å²) < 4.78 is 20.4. The largest absolute Gasteiger partial charge is 0.462 e. The van der Waals surface area contributed by atoms with Gasteiger partial charge in [0.05, 0.1) is 29.5 Å². The highest BCUT2D eigenvalue weighted by Crippen LogP contribution is 2.62. The highest BCUT2D eigenvalue weighted by molar-refractivity contribution is 8.77. The van der Waals surface area contributed by atoms with Crippen molar-refractivity contribution in [3.63, 3.8) is 0 Å². The van der Waals surface area contributed by atoms with E-state index in [2.05, 4.69) is 40.7 Å². The molecular formula is C41H60N4O7S2. The summed E-state index contributed by atoms with van der Waals surface area (Å²) in [5, 5.41) is 16.7. The Balaban J connectivity index is 1.17. The molecule has 5 aliphatic heterocycles. The van der Waals surface area contributed by atoms with Crippen LogP contribution < -0.4 is 16.4 Å². The molecule has 5 saturated heterocycles. The lowest BCUT2D eigenvalue weighted by Crippen LogP contribution is -2.69. The zero-order valence-corrected chi connectivity index (χ0v) is 33.9. The van der Waals surface area contributed by atoms with Gasteiger partial charge in [0.1, 0.15) is 17.3 Å². The summed E-state index contributed by atoms with van der Waals surface area (Å²) in [5.74, 6) is 1.08. The quantitative estimate of drug-likeness (QED) is 0.133. The minimum absolute atomic E-state index is 0.0220. The van der Waals surface area contributed by atoms with Gasteiger partial charge in [-0.3, -0.25) is 9.59 Å². The summed E-state index contributed by atoms with van der Waals surface area (Å²) in [6.45, 7) is 7.20. The van der Waals surface area contributed by atoms with Crippen LogP contribution in [-0.4, -0.2) is 107 Å². The molecular weight excluding hydrogens is 725 g/mol. The number of allylic oxidation sites excluding steroid dienone is 1. The van der Waals surface area contributed by atoms with Gasteiger partial charge < -0.3 is 40.6 Å². The maximum Gasteiger partial charge on any atom is 0.334 e. The van der Waals surface area contributed by atoms with Gasteiger partial charge in [0.15, 0.2) is 0 Å². The highest BCUT2D eigenvalue weighted by atomic mass is 33.1. The SMILES string of the molecule is CC=C(C)C(=O)OC1(C)CC=C2CSSC3C=CC(NC)C4CN(C(=O)CC5CNC(N)CC5C2C12CC1CC5CC(CCCO)C(=O)OC5CC1O2)C34. The van der Waals surface area contributed by atoms with Crippen LogP contribution in [0, 0.1) is 41.4 Å². The number of ether oxygens (including phenoxy) is 3. The number of aliphatic hydroxyl groups is 1. The Kier molecular flexibility index (Phi) is 11.2. The van der Waals surface area contributed by atoms with E-state index in [4.69, 9.17) is 19.9 Å². The molecule has 0 aromatic rings. The Hall–Kier alpha value is -1.87. The first-order valence-electron chi connectivity index (χ1n) is 20.5. The number of aliphatic hydroxyl groups excluding tert-OH is 1. The van der Waals surface area contributed by atoms with Crippen molar-refractivity contribution < 1.29 is 33.7 Å². The number of rotatable bonds is 6. The second kappa shape index (κ2) is 15.5. The Labute approximate surface area is 328 Å². The van der Waals surface area contributed by atoms with Crippen molar-refractivity contribution in [1.82, 2.24) is 15.5 Å². The molecule has 15 atom stereocenters. The smallest absolute Gasteiger partial charge is 0.334 e. The third-order valence-electron chi connectivity index (χ3n) is 14.8. The van der Waals surface area contributed by atoms with E-state index in [1.165, 1.54) is 5.57 Å². The average molecular weight is 785 g/mol. The fraction of sp³-hybridized carbons (Fsp3) is 0.780. The fourth-order valence-electron chi connectivity index (χ4n) is 11.8. The normalized spacial score (nSPS) is 46.0. The molecule has 0 aromatic carbocycles. The van der Waals surface area contributed by atoms with Gasteiger partial charge in [-0.2, -0.15) is 0 Å². The number of piperidine rings is 1. The molecule has 0 aromatic heterocycles. The molecule has 0 radical (unpaired) electrons. The van der Waals surface area contributed by atoms with Crippen LogP contribution in [0.3, 0.4) is 0 Å². The Morgan fingerprint density at radius 1 is 1.17 bits per heavy atom. The Morgan fingerprint density at radius 3 is 2.78 bits per heavy atom. The molecule has 5 heterocycles. The van der Waals surface area contributed by atoms with E-state index < -0.39 is 11.2 Å². The van der Waals surface area contributed by atoms with Gasteiger partial charge in [-0.1, -0.05) is 51.5 Å². The van der Waals surface area contributed by atoms with Gasteiger partial charge >= 0.3 is 11.9 Å². The topological polar surface area (TPSA) is 152 Å². The number of likely N-dealkylation sites (N-methyl/N-ethyl adjacent to an activating group) is 1. The van der Waals surface area contributed by atoms with Crippen LogP contribution in [0.15, 0.2) is 35.5 Å². The van der Waals surface area contributed by atoms with E-state index in [1.807, 2.05) is 35.6 Å². The summed E-state index contributed by atoms with van der Waals surface area (Å²) in [6.07, 6.45) is 14.0. The van der Waals surface area contributed by atoms with Gasteiger partial charge in [0.2, 0.25) is 5.91 Å². The minimum Gasteiger partial charge on any atom is -0.462 e. The predicted molar refractivity (Wildman–Crippen MR) is 210 cm³/mol. The summed E-state index contributed by atoms with van der Waals surface area (Å²) in [7, 11) is 5.75. The van der Waals surface area contributed by atoms with Crippen LogP contribution in [0.25, 0.3) is 0 Å². The second-order valence-electron chi connectivity index (χ2n) is 17.7. The molecule has 13 heteroatoms. The summed E-state index contributed by atoms with van der Waals surface area (Å²) in [6, 6.07) is 0.450. The first-order chi connectivity index (χ1) is 26.0. The van der Waals surface area contributed by atoms with Crippen molar-refractivity contribution in [3.8, 4) is 0 Å². The number of nitrogens with two attached hydrogens (primary N) is 1. The molecule has 15 unspecified atom stereocenters. The Bertz CT molecular complexity index is 1570. The molecule has 54 heavy (non-hydrogen) atoms. The number of nitrogens with zero attached hydrogens (tertiary/aromatic N) is 1. The molecule has 11 nitrogen and oxygen atoms in total. The monoisotopic (exact) mass is 784 g/mol. The fourth-order valence-corrected chi connectivity index (χ4v) is 14.7. The molecule has 1 amide bonds. The van der Waals surface area contributed by atoms with Crippen LogP contribution >= 0.6 is 21.6 Å². The van der Waals surface area contributed by atoms with Crippen LogP contribution in [-0.2, 0) is 28.6 Å². The summed E-state index contributed by atoms with van der Waals surface area (Å²) in [4.78, 5) is 43.4. The number of nitrogens with one attached hydrogen (secondary N) is 2. The zero-order chi connectivity index (χ0) is 37.9. The van der Waals surface area contributed by atoms with Gasteiger partial charge in [-0.05, 0) is 90.0 Å². The van der Waals surface area contributed by atoms with Gasteiger partial charge in [-0.15, -0.1) is 0 Å². The van der Waals surface area contributed by atoms with Gasteiger partial charge in [0.25, 0.3) is 0 Å². The maximum atomic E-state index is 14.4. The van der Waals surface area contributed by atoms with E-state index >= 15 is 0 Å². The molecule has 298 valence electrons. The highest BCUT2D eigenvalue weighted by Gasteiger charge is 2.68. The number of fused-ring (bicyclic) bond motifs is 6. The molecule has 8 aliphatic rings. The van der Waals surface area contributed by atoms with Crippen LogP contribution in [0.2, 0.25) is 0 Å². The van der Waals surface area contributed by atoms with Crippen molar-refractivity contribution in [2.45, 2.75) is 125 Å². The minimum atomic E-state index is -0.978. The zero-order valence-electron chi connectivity index (χ0n) is 32.2. The van der Waals surface area contributed by atoms with E-state index in [1.54, 1.807) is 13.0 Å². The molecule has 3 aliphatic carbocycles. The van der Waals surface area contributed by atoms with Crippen molar-refractivity contribution >= 4 is 39.4 Å². The lowest BCUT2D eigenvalue weighted by molar-refractivity contribution is -0.229. The standard InChI is InChI=1S/C41H60N4O7S2/c1-5-22(2)38(48)52-40(3)11-10-24-21-53-54-33-9-8-30(43-4)29-20-45(37(29)33)35(47)15-27-19-44-34(42)16-28(27)36(24)41(40)18-26-14-25-13-23(7-6-12-46)39(49)50-31(25)17-32(26)51-41/h5,8-10,23,25-34,36-37,43-44,46H,6-7,11-21,42H2,1-4H3. The number of esters is 2. The number of hydrogen-bond acceptors (Lipinski definition) is 12. The maximum absolute atomic E-state index is 14.4. The molecule has 8 rings (SSSR count). The third kappa shape index (κ3) is 6.73. The molecule has 1 saturated carbocycles. The van der Waals surface area contributed by atoms with Crippen molar-refractivity contribution in [3.05, 3.63) is 35.5 Å². The number of carbonyl (C=O) groups excluding carboxylic acids is 3. The van der Waals surface area contributed by atoms with E-state index in [9.17, 15) is 19.5 Å². The van der Waals surface area contributed by atoms with Crippen LogP contribution in [0.5, 0.6) is 0 Å². The number of hydrogen-bond donors (Lipinski definition) is 4. The summed E-state index contributed by atoms with van der Waals surface area (Å²) in [5.41, 5.74) is 6.80. The molecule has 0 bridgehead atoms. The molecule has 1 spiro atoms. The number of carbonyl (C=O) groups is 3. The number of amides is 1. The first-order valence-corrected chi connectivity index (χ1v) is 22.8. The van der Waals surface area contributed by atoms with Crippen LogP contribution in [0.1, 0.15) is 78.6 Å².